The Kier molecular flexibility index (Phi) is 6.78. The lowest BCUT2D eigenvalue weighted by atomic mass is 10.1. The Morgan fingerprint density at radius 3 is 2.60 bits per heavy atom. The third-order valence-corrected chi connectivity index (χ3v) is 3.04. The number of aromatic nitrogens is 1. The molecule has 2 heteroatoms. The maximum absolute atomic E-state index is 5.77. The molecule has 0 spiro atoms. The van der Waals surface area contributed by atoms with E-state index in [1.807, 2.05) is 18.3 Å². The monoisotopic (exact) mass is 271 g/mol. The van der Waals surface area contributed by atoms with Crippen molar-refractivity contribution >= 4 is 0 Å². The van der Waals surface area contributed by atoms with Gasteiger partial charge in [0.1, 0.15) is 5.76 Å². The fourth-order valence-electron chi connectivity index (χ4n) is 1.67. The lowest BCUT2D eigenvalue weighted by Gasteiger charge is -2.13. The molecule has 0 fully saturated rings. The molecule has 0 aliphatic heterocycles. The van der Waals surface area contributed by atoms with E-state index in [0.29, 0.717) is 6.61 Å². The predicted molar refractivity (Wildman–Crippen MR) is 85.7 cm³/mol. The summed E-state index contributed by atoms with van der Waals surface area (Å²) < 4.78 is 5.77. The zero-order valence-corrected chi connectivity index (χ0v) is 13.0. The van der Waals surface area contributed by atoms with Crippen LogP contribution in [0.25, 0.3) is 0 Å². The highest BCUT2D eigenvalue weighted by molar-refractivity contribution is 5.20. The molecule has 20 heavy (non-hydrogen) atoms. The normalized spacial score (nSPS) is 12.7. The van der Waals surface area contributed by atoms with E-state index >= 15 is 0 Å². The summed E-state index contributed by atoms with van der Waals surface area (Å²) in [4.78, 5) is 4.49. The second-order valence-corrected chi connectivity index (χ2v) is 5.17. The Bertz CT molecular complexity index is 479. The molecule has 0 aliphatic rings. The molecule has 0 saturated heterocycles. The summed E-state index contributed by atoms with van der Waals surface area (Å²) in [5, 5.41) is 0. The summed E-state index contributed by atoms with van der Waals surface area (Å²) in [6, 6.07) is 4.21. The van der Waals surface area contributed by atoms with Gasteiger partial charge in [-0.2, -0.15) is 0 Å². The largest absolute Gasteiger partial charge is 0.493 e. The Balaban J connectivity index is 2.60. The molecule has 1 atom stereocenters. The first kappa shape index (κ1) is 16.2. The zero-order valence-electron chi connectivity index (χ0n) is 13.0. The van der Waals surface area contributed by atoms with E-state index in [9.17, 15) is 0 Å². The number of allylic oxidation sites excluding steroid dienone is 4. The molecule has 1 rings (SSSR count). The van der Waals surface area contributed by atoms with E-state index in [2.05, 4.69) is 51.4 Å². The number of rotatable bonds is 7. The van der Waals surface area contributed by atoms with Crippen LogP contribution in [0.3, 0.4) is 0 Å². The quantitative estimate of drug-likeness (QED) is 0.525. The van der Waals surface area contributed by atoms with Crippen LogP contribution < -0.4 is 0 Å². The van der Waals surface area contributed by atoms with Crippen LogP contribution in [0, 0.1) is 0 Å². The van der Waals surface area contributed by atoms with Crippen molar-refractivity contribution in [2.75, 3.05) is 6.61 Å². The first-order chi connectivity index (χ1) is 9.56. The van der Waals surface area contributed by atoms with Gasteiger partial charge >= 0.3 is 0 Å². The van der Waals surface area contributed by atoms with Crippen LogP contribution in [0.15, 0.2) is 54.5 Å². The molecule has 0 aliphatic carbocycles. The maximum atomic E-state index is 5.77. The summed E-state index contributed by atoms with van der Waals surface area (Å²) in [5.74, 6) is 1.05. The van der Waals surface area contributed by atoms with Gasteiger partial charge in [0.05, 0.1) is 6.61 Å². The minimum atomic E-state index is 0.260. The lowest BCUT2D eigenvalue weighted by Crippen LogP contribution is -2.06. The number of nitrogens with zero attached hydrogens (tertiary/aromatic N) is 1. The van der Waals surface area contributed by atoms with Crippen molar-refractivity contribution in [3.05, 3.63) is 65.7 Å². The number of ether oxygens (including phenoxy) is 1. The highest BCUT2D eigenvalue weighted by atomic mass is 16.5. The van der Waals surface area contributed by atoms with Crippen LogP contribution in [0.2, 0.25) is 0 Å². The van der Waals surface area contributed by atoms with Gasteiger partial charge in [-0.1, -0.05) is 38.1 Å². The summed E-state index contributed by atoms with van der Waals surface area (Å²) in [6.45, 7) is 12.7. The van der Waals surface area contributed by atoms with Crippen molar-refractivity contribution in [3.8, 4) is 0 Å². The second-order valence-electron chi connectivity index (χ2n) is 5.17. The second kappa shape index (κ2) is 8.36. The number of hydrogen-bond acceptors (Lipinski definition) is 2. The Morgan fingerprint density at radius 2 is 2.10 bits per heavy atom. The molecule has 1 aromatic rings. The Morgan fingerprint density at radius 1 is 1.35 bits per heavy atom. The molecular formula is C18H25NO. The molecule has 0 amide bonds. The van der Waals surface area contributed by atoms with E-state index in [1.54, 1.807) is 6.08 Å². The third kappa shape index (κ3) is 5.43. The molecule has 0 aromatic carbocycles. The fraction of sp³-hybridized carbons (Fsp3) is 0.389. The highest BCUT2D eigenvalue weighted by Gasteiger charge is 2.08. The summed E-state index contributed by atoms with van der Waals surface area (Å²) in [6.07, 6.45) is 8.67. The molecular weight excluding hydrogens is 246 g/mol. The maximum Gasteiger partial charge on any atom is 0.118 e. The number of pyridine rings is 1. The number of hydrogen-bond donors (Lipinski definition) is 0. The van der Waals surface area contributed by atoms with Gasteiger partial charge in [-0.3, -0.25) is 4.98 Å². The average Bonchev–Trinajstić information content (AvgIpc) is 2.47. The van der Waals surface area contributed by atoms with E-state index in [-0.39, 0.29) is 5.92 Å². The van der Waals surface area contributed by atoms with Crippen molar-refractivity contribution in [2.45, 2.75) is 40.0 Å². The SMILES string of the molecule is C=C/C(=C\C=C(C)C)OCC(C)c1ccc(CC)cn1. The molecule has 1 heterocycles. The van der Waals surface area contributed by atoms with Gasteiger partial charge < -0.3 is 4.74 Å². The van der Waals surface area contributed by atoms with Crippen LogP contribution in [0.5, 0.6) is 0 Å². The van der Waals surface area contributed by atoms with Crippen molar-refractivity contribution in [1.29, 1.82) is 0 Å². The van der Waals surface area contributed by atoms with Gasteiger partial charge in [-0.15, -0.1) is 0 Å². The van der Waals surface area contributed by atoms with Crippen molar-refractivity contribution in [3.63, 3.8) is 0 Å². The molecule has 0 bridgehead atoms. The van der Waals surface area contributed by atoms with E-state index in [4.69, 9.17) is 4.74 Å². The molecule has 1 unspecified atom stereocenters. The van der Waals surface area contributed by atoms with Gasteiger partial charge in [0.2, 0.25) is 0 Å². The predicted octanol–water partition coefficient (Wildman–Crippen LogP) is 4.80. The first-order valence-electron chi connectivity index (χ1n) is 7.12. The van der Waals surface area contributed by atoms with E-state index in [0.717, 1.165) is 17.9 Å². The smallest absolute Gasteiger partial charge is 0.118 e. The van der Waals surface area contributed by atoms with Gasteiger partial charge in [0.15, 0.2) is 0 Å². The molecule has 0 N–H and O–H groups in total. The average molecular weight is 271 g/mol. The van der Waals surface area contributed by atoms with Crippen molar-refractivity contribution in [2.24, 2.45) is 0 Å². The number of aryl methyl sites for hydroxylation is 1. The zero-order chi connectivity index (χ0) is 15.0. The van der Waals surface area contributed by atoms with E-state index in [1.165, 1.54) is 11.1 Å². The molecule has 108 valence electrons. The van der Waals surface area contributed by atoms with Crippen LogP contribution >= 0.6 is 0 Å². The van der Waals surface area contributed by atoms with E-state index < -0.39 is 0 Å². The molecule has 0 radical (unpaired) electrons. The summed E-state index contributed by atoms with van der Waals surface area (Å²) >= 11 is 0. The van der Waals surface area contributed by atoms with Crippen LogP contribution in [0.1, 0.15) is 44.9 Å². The Labute approximate surface area is 122 Å². The topological polar surface area (TPSA) is 22.1 Å². The highest BCUT2D eigenvalue weighted by Crippen LogP contribution is 2.15. The third-order valence-electron chi connectivity index (χ3n) is 3.04. The standard InChI is InChI=1S/C18H25NO/c1-6-16-9-11-18(19-12-16)15(5)13-20-17(7-2)10-8-14(3)4/h7-12,15H,2,6,13H2,1,3-5H3/b17-10+. The van der Waals surface area contributed by atoms with Crippen LogP contribution in [-0.2, 0) is 11.2 Å². The van der Waals surface area contributed by atoms with Gasteiger partial charge in [0, 0.05) is 17.8 Å². The van der Waals surface area contributed by atoms with Gasteiger partial charge in [-0.05, 0) is 44.1 Å². The van der Waals surface area contributed by atoms with Crippen LogP contribution in [-0.4, -0.2) is 11.6 Å². The Hall–Kier alpha value is -1.83. The summed E-state index contributed by atoms with van der Waals surface area (Å²) in [5.41, 5.74) is 3.56. The first-order valence-corrected chi connectivity index (χ1v) is 7.12. The lowest BCUT2D eigenvalue weighted by molar-refractivity contribution is 0.207. The van der Waals surface area contributed by atoms with Crippen molar-refractivity contribution < 1.29 is 4.74 Å². The molecule has 1 aromatic heterocycles. The van der Waals surface area contributed by atoms with Crippen LogP contribution in [0.4, 0.5) is 0 Å². The minimum absolute atomic E-state index is 0.260. The summed E-state index contributed by atoms with van der Waals surface area (Å²) in [7, 11) is 0. The van der Waals surface area contributed by atoms with Gasteiger partial charge in [0.25, 0.3) is 0 Å². The fourth-order valence-corrected chi connectivity index (χ4v) is 1.67. The molecule has 0 saturated carbocycles. The van der Waals surface area contributed by atoms with Gasteiger partial charge in [-0.25, -0.2) is 0 Å². The van der Waals surface area contributed by atoms with Crippen molar-refractivity contribution in [1.82, 2.24) is 4.98 Å². The molecule has 2 nitrogen and oxygen atoms in total. The minimum Gasteiger partial charge on any atom is -0.493 e.